The molecule has 0 unspecified atom stereocenters. The second-order valence-corrected chi connectivity index (χ2v) is 6.38. The van der Waals surface area contributed by atoms with Gasteiger partial charge in [0.1, 0.15) is 0 Å². The molecule has 0 spiro atoms. The summed E-state index contributed by atoms with van der Waals surface area (Å²) in [4.78, 5) is 27.6. The number of nitriles is 1. The maximum absolute atomic E-state index is 12.4. The third-order valence-corrected chi connectivity index (χ3v) is 4.58. The van der Waals surface area contributed by atoms with Crippen LogP contribution in [0.1, 0.15) is 21.5 Å². The molecule has 0 atom stereocenters. The highest BCUT2D eigenvalue weighted by Gasteiger charge is 2.27. The van der Waals surface area contributed by atoms with Gasteiger partial charge in [-0.1, -0.05) is 18.2 Å². The van der Waals surface area contributed by atoms with Gasteiger partial charge in [0.25, 0.3) is 11.8 Å². The lowest BCUT2D eigenvalue weighted by molar-refractivity contribution is -0.114. The number of carbonyl (C=O) groups excluding carboxylic acids is 2. The van der Waals surface area contributed by atoms with Crippen molar-refractivity contribution in [3.05, 3.63) is 83.8 Å². The predicted molar refractivity (Wildman–Crippen MR) is 106 cm³/mol. The van der Waals surface area contributed by atoms with Gasteiger partial charge in [-0.05, 0) is 47.0 Å². The molecule has 2 heterocycles. The normalized spacial score (nSPS) is 14.3. The number of benzene rings is 2. The summed E-state index contributed by atoms with van der Waals surface area (Å²) >= 11 is 0. The maximum Gasteiger partial charge on any atom is 0.260 e. The Morgan fingerprint density at radius 1 is 0.964 bits per heavy atom. The Morgan fingerprint density at radius 2 is 1.79 bits per heavy atom. The monoisotopic (exact) mass is 368 g/mol. The van der Waals surface area contributed by atoms with E-state index in [9.17, 15) is 9.59 Å². The van der Waals surface area contributed by atoms with Crippen LogP contribution in [0.2, 0.25) is 0 Å². The highest BCUT2D eigenvalue weighted by atomic mass is 16.2. The van der Waals surface area contributed by atoms with Crippen LogP contribution < -0.4 is 10.6 Å². The van der Waals surface area contributed by atoms with Crippen LogP contribution in [0.5, 0.6) is 0 Å². The van der Waals surface area contributed by atoms with Crippen LogP contribution in [0.3, 0.4) is 0 Å². The Hall–Kier alpha value is -4.11. The van der Waals surface area contributed by atoms with E-state index in [1.807, 2.05) is 54.9 Å². The summed E-state index contributed by atoms with van der Waals surface area (Å²) in [6.45, 7) is 0. The first-order valence-corrected chi connectivity index (χ1v) is 8.71. The van der Waals surface area contributed by atoms with Crippen LogP contribution >= 0.6 is 0 Å². The minimum Gasteiger partial charge on any atom is -0.367 e. The number of nitrogens with one attached hydrogen (secondary N) is 3. The summed E-state index contributed by atoms with van der Waals surface area (Å²) in [5, 5.41) is 14.2. The van der Waals surface area contributed by atoms with Crippen LogP contribution in [0.4, 0.5) is 5.69 Å². The van der Waals surface area contributed by atoms with E-state index in [1.165, 1.54) is 0 Å². The van der Waals surface area contributed by atoms with Gasteiger partial charge in [-0.3, -0.25) is 14.9 Å². The van der Waals surface area contributed by atoms with E-state index in [0.29, 0.717) is 23.1 Å². The lowest BCUT2D eigenvalue weighted by Gasteiger charge is -2.19. The zero-order valence-corrected chi connectivity index (χ0v) is 14.8. The summed E-state index contributed by atoms with van der Waals surface area (Å²) in [6, 6.07) is 16.8. The number of fused-ring (bicyclic) bond motifs is 1. The molecule has 4 rings (SSSR count). The van der Waals surface area contributed by atoms with Gasteiger partial charge in [0, 0.05) is 35.4 Å². The number of rotatable bonds is 4. The molecule has 0 saturated carbocycles. The zero-order valence-electron chi connectivity index (χ0n) is 14.8. The molecule has 0 bridgehead atoms. The number of nitrogens with zero attached hydrogens (tertiary/aromatic N) is 1. The Balaban J connectivity index is 1.69. The summed E-state index contributed by atoms with van der Waals surface area (Å²) in [7, 11) is 0. The summed E-state index contributed by atoms with van der Waals surface area (Å²) in [6.07, 6.45) is 5.62. The first kappa shape index (κ1) is 17.3. The van der Waals surface area contributed by atoms with Crippen molar-refractivity contribution in [2.24, 2.45) is 0 Å². The molecule has 0 saturated heterocycles. The summed E-state index contributed by atoms with van der Waals surface area (Å²) < 4.78 is 0. The molecule has 3 aromatic rings. The van der Waals surface area contributed by atoms with Gasteiger partial charge < -0.3 is 10.3 Å². The van der Waals surface area contributed by atoms with Crippen LogP contribution in [0.15, 0.2) is 67.1 Å². The molecule has 0 fully saturated rings. The molecule has 0 aliphatic carbocycles. The van der Waals surface area contributed by atoms with E-state index in [-0.39, 0.29) is 0 Å². The van der Waals surface area contributed by atoms with Gasteiger partial charge in [0.15, 0.2) is 0 Å². The fourth-order valence-corrected chi connectivity index (χ4v) is 3.12. The summed E-state index contributed by atoms with van der Waals surface area (Å²) in [5.41, 5.74) is 5.01. The largest absolute Gasteiger partial charge is 0.367 e. The number of H-pyrrole nitrogens is 1. The Bertz CT molecular complexity index is 1120. The number of aromatic amines is 1. The van der Waals surface area contributed by atoms with Crippen LogP contribution in [0, 0.1) is 11.3 Å². The van der Waals surface area contributed by atoms with E-state index in [0.717, 1.165) is 22.4 Å². The van der Waals surface area contributed by atoms with Gasteiger partial charge in [-0.25, -0.2) is 0 Å². The van der Waals surface area contributed by atoms with Crippen molar-refractivity contribution in [3.63, 3.8) is 0 Å². The predicted octanol–water partition coefficient (Wildman–Crippen LogP) is 3.47. The first-order chi connectivity index (χ1) is 13.7. The van der Waals surface area contributed by atoms with Crippen molar-refractivity contribution < 1.29 is 9.59 Å². The van der Waals surface area contributed by atoms with E-state index < -0.39 is 11.8 Å². The highest BCUT2D eigenvalue weighted by molar-refractivity contribution is 6.31. The van der Waals surface area contributed by atoms with Gasteiger partial charge in [-0.15, -0.1) is 0 Å². The molecule has 28 heavy (non-hydrogen) atoms. The minimum absolute atomic E-state index is 0.348. The standard InChI is InChI=1S/C22H16N4O2/c23-9-7-14-1-4-17(5-2-14)25-13-20-19-11-15(16-8-10-24-12-16)3-6-18(19)21(27)26-22(20)28/h1-6,8,10-13,24-25H,7H2,(H,26,27,28). The van der Waals surface area contributed by atoms with E-state index in [2.05, 4.69) is 21.7 Å². The molecule has 6 heteroatoms. The van der Waals surface area contributed by atoms with Crippen molar-refractivity contribution in [1.82, 2.24) is 10.3 Å². The molecular formula is C22H16N4O2. The van der Waals surface area contributed by atoms with Crippen molar-refractivity contribution in [1.29, 1.82) is 5.26 Å². The number of amides is 2. The average molecular weight is 368 g/mol. The van der Waals surface area contributed by atoms with Crippen molar-refractivity contribution >= 4 is 23.1 Å². The smallest absolute Gasteiger partial charge is 0.260 e. The summed E-state index contributed by atoms with van der Waals surface area (Å²) in [5.74, 6) is -0.851. The first-order valence-electron chi connectivity index (χ1n) is 8.71. The van der Waals surface area contributed by atoms with E-state index >= 15 is 0 Å². The topological polar surface area (TPSA) is 97.8 Å². The van der Waals surface area contributed by atoms with Gasteiger partial charge >= 0.3 is 0 Å². The molecule has 0 radical (unpaired) electrons. The quantitative estimate of drug-likeness (QED) is 0.485. The fraction of sp³-hybridized carbons (Fsp3) is 0.0455. The number of anilines is 1. The lowest BCUT2D eigenvalue weighted by Crippen LogP contribution is -2.36. The molecule has 136 valence electrons. The Labute approximate surface area is 161 Å². The van der Waals surface area contributed by atoms with Gasteiger partial charge in [-0.2, -0.15) is 5.26 Å². The number of hydrogen-bond acceptors (Lipinski definition) is 4. The van der Waals surface area contributed by atoms with E-state index in [1.54, 1.807) is 12.3 Å². The minimum atomic E-state index is -0.447. The molecule has 3 N–H and O–H groups in total. The fourth-order valence-electron chi connectivity index (χ4n) is 3.12. The maximum atomic E-state index is 12.4. The van der Waals surface area contributed by atoms with Crippen LogP contribution in [0.25, 0.3) is 16.7 Å². The SMILES string of the molecule is N#CCc1ccc(NC=C2C(=O)NC(=O)c3ccc(-c4cc[nH]c4)cc32)cc1. The van der Waals surface area contributed by atoms with Crippen LogP contribution in [-0.2, 0) is 11.2 Å². The third-order valence-electron chi connectivity index (χ3n) is 4.58. The lowest BCUT2D eigenvalue weighted by atomic mass is 9.92. The van der Waals surface area contributed by atoms with E-state index in [4.69, 9.17) is 5.26 Å². The molecule has 2 amide bonds. The molecule has 2 aromatic carbocycles. The van der Waals surface area contributed by atoms with Crippen LogP contribution in [-0.4, -0.2) is 16.8 Å². The molecular weight excluding hydrogens is 352 g/mol. The van der Waals surface area contributed by atoms with Crippen molar-refractivity contribution in [2.45, 2.75) is 6.42 Å². The third kappa shape index (κ3) is 3.29. The second kappa shape index (κ2) is 7.25. The number of hydrogen-bond donors (Lipinski definition) is 3. The van der Waals surface area contributed by atoms with Gasteiger partial charge in [0.2, 0.25) is 0 Å². The number of carbonyl (C=O) groups is 2. The molecule has 1 aliphatic heterocycles. The van der Waals surface area contributed by atoms with Gasteiger partial charge in [0.05, 0.1) is 18.1 Å². The highest BCUT2D eigenvalue weighted by Crippen LogP contribution is 2.29. The second-order valence-electron chi connectivity index (χ2n) is 6.38. The number of imide groups is 1. The van der Waals surface area contributed by atoms with Crippen molar-refractivity contribution in [2.75, 3.05) is 5.32 Å². The van der Waals surface area contributed by atoms with Crippen molar-refractivity contribution in [3.8, 4) is 17.2 Å². The Morgan fingerprint density at radius 3 is 2.50 bits per heavy atom. The Kier molecular flexibility index (Phi) is 4.48. The number of aromatic nitrogens is 1. The molecule has 1 aliphatic rings. The molecule has 6 nitrogen and oxygen atoms in total. The zero-order chi connectivity index (χ0) is 19.5. The average Bonchev–Trinajstić information content (AvgIpc) is 3.24. The molecule has 1 aromatic heterocycles.